The summed E-state index contributed by atoms with van der Waals surface area (Å²) in [4.78, 5) is 0.602. The van der Waals surface area contributed by atoms with E-state index in [9.17, 15) is 4.39 Å². The second kappa shape index (κ2) is 7.93. The van der Waals surface area contributed by atoms with Crippen molar-refractivity contribution < 1.29 is 18.6 Å². The molecule has 162 valence electrons. The molecule has 5 rings (SSSR count). The Hall–Kier alpha value is -3.99. The Labute approximate surface area is 185 Å². The molecule has 2 aromatic carbocycles. The zero-order valence-electron chi connectivity index (χ0n) is 17.3. The molecule has 0 fully saturated rings. The lowest BCUT2D eigenvalue weighted by Crippen LogP contribution is -1.96. The van der Waals surface area contributed by atoms with E-state index in [1.165, 1.54) is 23.5 Å². The van der Waals surface area contributed by atoms with Crippen molar-refractivity contribution in [3.05, 3.63) is 48.3 Å². The standard InChI is InChI=1S/C21H17FN6O3S/c1-29-16-10-18(31-3)17(30-2)8-13(16)20-27-28-19(25-26-21(28)32-20)15-9-14(23-24-15)11-4-6-12(22)7-5-11/h4-10H,1-3H3,(H,23,24). The van der Waals surface area contributed by atoms with Gasteiger partial charge < -0.3 is 14.2 Å². The SMILES string of the molecule is COc1cc(OC)c(-c2nn3c(-c4cc(-c5ccc(F)cc5)n[nH]4)nnc3s2)cc1OC. The van der Waals surface area contributed by atoms with Crippen LogP contribution in [0.1, 0.15) is 0 Å². The molecular formula is C21H17FN6O3S. The monoisotopic (exact) mass is 452 g/mol. The van der Waals surface area contributed by atoms with Gasteiger partial charge in [0.25, 0.3) is 0 Å². The number of nitrogens with one attached hydrogen (secondary N) is 1. The number of ether oxygens (including phenoxy) is 3. The maximum absolute atomic E-state index is 13.2. The van der Waals surface area contributed by atoms with Crippen LogP contribution < -0.4 is 14.2 Å². The van der Waals surface area contributed by atoms with Crippen LogP contribution in [-0.2, 0) is 0 Å². The Bertz CT molecular complexity index is 1410. The maximum atomic E-state index is 13.2. The van der Waals surface area contributed by atoms with Gasteiger partial charge in [0.1, 0.15) is 17.3 Å². The molecule has 0 bridgehead atoms. The number of nitrogens with zero attached hydrogens (tertiary/aromatic N) is 5. The van der Waals surface area contributed by atoms with E-state index in [-0.39, 0.29) is 5.82 Å². The van der Waals surface area contributed by atoms with Crippen molar-refractivity contribution in [3.8, 4) is 50.6 Å². The third-order valence-corrected chi connectivity index (χ3v) is 5.82. The van der Waals surface area contributed by atoms with Crippen LogP contribution in [0.4, 0.5) is 4.39 Å². The molecule has 3 heterocycles. The molecule has 0 unspecified atom stereocenters. The van der Waals surface area contributed by atoms with Crippen molar-refractivity contribution in [3.63, 3.8) is 0 Å². The minimum Gasteiger partial charge on any atom is -0.496 e. The molecule has 1 N–H and O–H groups in total. The molecule has 5 aromatic rings. The molecule has 0 radical (unpaired) electrons. The molecule has 3 aromatic heterocycles. The van der Waals surface area contributed by atoms with Gasteiger partial charge in [-0.2, -0.15) is 14.7 Å². The van der Waals surface area contributed by atoms with Crippen molar-refractivity contribution in [2.24, 2.45) is 0 Å². The minimum atomic E-state index is -0.302. The van der Waals surface area contributed by atoms with Crippen LogP contribution in [0.5, 0.6) is 17.2 Å². The smallest absolute Gasteiger partial charge is 0.235 e. The third-order valence-electron chi connectivity index (χ3n) is 4.89. The highest BCUT2D eigenvalue weighted by Crippen LogP contribution is 2.41. The van der Waals surface area contributed by atoms with E-state index < -0.39 is 0 Å². The first kappa shape index (κ1) is 19.9. The van der Waals surface area contributed by atoms with Crippen LogP contribution in [0.2, 0.25) is 0 Å². The highest BCUT2D eigenvalue weighted by molar-refractivity contribution is 7.19. The van der Waals surface area contributed by atoms with Crippen LogP contribution in [-0.4, -0.2) is 51.3 Å². The maximum Gasteiger partial charge on any atom is 0.235 e. The Morgan fingerprint density at radius 1 is 0.906 bits per heavy atom. The topological polar surface area (TPSA) is 99.5 Å². The van der Waals surface area contributed by atoms with Gasteiger partial charge in [-0.25, -0.2) is 4.39 Å². The number of rotatable bonds is 6. The summed E-state index contributed by atoms with van der Waals surface area (Å²) in [5.41, 5.74) is 2.81. The average Bonchev–Trinajstić information content (AvgIpc) is 3.54. The lowest BCUT2D eigenvalue weighted by Gasteiger charge is -2.12. The third kappa shape index (κ3) is 3.32. The van der Waals surface area contributed by atoms with Crippen LogP contribution in [0.25, 0.3) is 38.3 Å². The van der Waals surface area contributed by atoms with Crippen LogP contribution >= 0.6 is 11.3 Å². The number of hydrogen-bond acceptors (Lipinski definition) is 8. The Morgan fingerprint density at radius 2 is 1.62 bits per heavy atom. The minimum absolute atomic E-state index is 0.302. The van der Waals surface area contributed by atoms with Gasteiger partial charge in [-0.05, 0) is 36.4 Å². The highest BCUT2D eigenvalue weighted by atomic mass is 32.1. The van der Waals surface area contributed by atoms with E-state index in [0.29, 0.717) is 44.4 Å². The first-order valence-corrected chi connectivity index (χ1v) is 10.3. The van der Waals surface area contributed by atoms with Crippen LogP contribution in [0, 0.1) is 5.82 Å². The van der Waals surface area contributed by atoms with Crippen molar-refractivity contribution in [1.29, 1.82) is 0 Å². The molecule has 0 saturated heterocycles. The summed E-state index contributed by atoms with van der Waals surface area (Å²) < 4.78 is 31.2. The molecule has 0 amide bonds. The van der Waals surface area contributed by atoms with Gasteiger partial charge in [-0.1, -0.05) is 11.3 Å². The normalized spacial score (nSPS) is 11.1. The summed E-state index contributed by atoms with van der Waals surface area (Å²) in [7, 11) is 4.72. The second-order valence-corrected chi connectivity index (χ2v) is 7.66. The van der Waals surface area contributed by atoms with E-state index >= 15 is 0 Å². The van der Waals surface area contributed by atoms with E-state index in [2.05, 4.69) is 25.5 Å². The molecule has 0 spiro atoms. The van der Waals surface area contributed by atoms with Gasteiger partial charge in [0.2, 0.25) is 10.8 Å². The Kier molecular flexibility index (Phi) is 4.94. The first-order valence-electron chi connectivity index (χ1n) is 9.45. The predicted molar refractivity (Wildman–Crippen MR) is 117 cm³/mol. The number of H-pyrrole nitrogens is 1. The first-order chi connectivity index (χ1) is 15.6. The summed E-state index contributed by atoms with van der Waals surface area (Å²) in [5.74, 6) is 1.91. The zero-order valence-corrected chi connectivity index (χ0v) is 18.1. The largest absolute Gasteiger partial charge is 0.496 e. The molecule has 0 aliphatic heterocycles. The fourth-order valence-electron chi connectivity index (χ4n) is 3.29. The number of aromatic nitrogens is 6. The molecule has 0 aliphatic carbocycles. The fraction of sp³-hybridized carbons (Fsp3) is 0.143. The molecule has 9 nitrogen and oxygen atoms in total. The fourth-order valence-corrected chi connectivity index (χ4v) is 4.16. The number of methoxy groups -OCH3 is 3. The van der Waals surface area contributed by atoms with E-state index in [1.807, 2.05) is 12.1 Å². The van der Waals surface area contributed by atoms with E-state index in [1.54, 1.807) is 44.0 Å². The summed E-state index contributed by atoms with van der Waals surface area (Å²) in [5, 5.41) is 21.1. The van der Waals surface area contributed by atoms with Crippen molar-refractivity contribution in [2.75, 3.05) is 21.3 Å². The van der Waals surface area contributed by atoms with Gasteiger partial charge in [0.05, 0.1) is 32.6 Å². The lowest BCUT2D eigenvalue weighted by atomic mass is 10.1. The second-order valence-electron chi connectivity index (χ2n) is 6.71. The molecular weight excluding hydrogens is 435 g/mol. The van der Waals surface area contributed by atoms with Crippen molar-refractivity contribution in [1.82, 2.24) is 30.0 Å². The predicted octanol–water partition coefficient (Wildman–Crippen LogP) is 4.07. The van der Waals surface area contributed by atoms with Crippen molar-refractivity contribution in [2.45, 2.75) is 0 Å². The van der Waals surface area contributed by atoms with Gasteiger partial charge >= 0.3 is 0 Å². The molecule has 0 aliphatic rings. The Balaban J connectivity index is 1.56. The average molecular weight is 452 g/mol. The number of hydrogen-bond donors (Lipinski definition) is 1. The van der Waals surface area contributed by atoms with Crippen LogP contribution in [0.15, 0.2) is 42.5 Å². The van der Waals surface area contributed by atoms with Crippen LogP contribution in [0.3, 0.4) is 0 Å². The summed E-state index contributed by atoms with van der Waals surface area (Å²) in [6.07, 6.45) is 0. The van der Waals surface area contributed by atoms with Gasteiger partial charge in [0.15, 0.2) is 16.5 Å². The molecule has 0 saturated carbocycles. The lowest BCUT2D eigenvalue weighted by molar-refractivity contribution is 0.349. The number of benzene rings is 2. The van der Waals surface area contributed by atoms with Gasteiger partial charge in [-0.3, -0.25) is 5.10 Å². The Morgan fingerprint density at radius 3 is 2.34 bits per heavy atom. The number of halogens is 1. The van der Waals surface area contributed by atoms with E-state index in [4.69, 9.17) is 14.2 Å². The van der Waals surface area contributed by atoms with Gasteiger partial charge in [-0.15, -0.1) is 10.2 Å². The molecule has 11 heteroatoms. The zero-order chi connectivity index (χ0) is 22.2. The summed E-state index contributed by atoms with van der Waals surface area (Å²) in [6.45, 7) is 0. The summed E-state index contributed by atoms with van der Waals surface area (Å²) in [6, 6.07) is 11.5. The molecule has 32 heavy (non-hydrogen) atoms. The number of aromatic amines is 1. The highest BCUT2D eigenvalue weighted by Gasteiger charge is 2.20. The van der Waals surface area contributed by atoms with Gasteiger partial charge in [0, 0.05) is 11.6 Å². The van der Waals surface area contributed by atoms with E-state index in [0.717, 1.165) is 11.1 Å². The number of fused-ring (bicyclic) bond motifs is 1. The molecule has 0 atom stereocenters. The quantitative estimate of drug-likeness (QED) is 0.414. The van der Waals surface area contributed by atoms with Crippen molar-refractivity contribution >= 4 is 16.3 Å². The summed E-state index contributed by atoms with van der Waals surface area (Å²) >= 11 is 1.36.